The van der Waals surface area contributed by atoms with Gasteiger partial charge < -0.3 is 10.4 Å². The van der Waals surface area contributed by atoms with Crippen molar-refractivity contribution in [2.45, 2.75) is 52.6 Å². The molecule has 2 unspecified atom stereocenters. The summed E-state index contributed by atoms with van der Waals surface area (Å²) in [5, 5.41) is 12.7. The summed E-state index contributed by atoms with van der Waals surface area (Å²) in [6.07, 6.45) is 3.90. The molecule has 0 aliphatic heterocycles. The van der Waals surface area contributed by atoms with Crippen LogP contribution in [0.1, 0.15) is 46.5 Å². The van der Waals surface area contributed by atoms with E-state index in [4.69, 9.17) is 0 Å². The Morgan fingerprint density at radius 2 is 1.94 bits per heavy atom. The number of rotatable bonds is 7. The lowest BCUT2D eigenvalue weighted by Crippen LogP contribution is -2.38. The number of amides is 1. The Bertz CT molecular complexity index is 222. The van der Waals surface area contributed by atoms with E-state index in [1.54, 1.807) is 0 Å². The first-order valence-electron chi connectivity index (χ1n) is 6.55. The summed E-state index contributed by atoms with van der Waals surface area (Å²) in [7, 11) is 0. The summed E-state index contributed by atoms with van der Waals surface area (Å²) in [5.74, 6) is 1.11. The lowest BCUT2D eigenvalue weighted by molar-refractivity contribution is -0.125. The Labute approximate surface area is 98.6 Å². The molecule has 1 aliphatic carbocycles. The first kappa shape index (κ1) is 13.5. The normalized spacial score (nSPS) is 19.6. The Morgan fingerprint density at radius 1 is 1.38 bits per heavy atom. The van der Waals surface area contributed by atoms with E-state index in [0.717, 1.165) is 12.8 Å². The predicted octanol–water partition coefficient (Wildman–Crippen LogP) is 1.95. The van der Waals surface area contributed by atoms with E-state index in [1.165, 1.54) is 12.8 Å². The second kappa shape index (κ2) is 6.24. The van der Waals surface area contributed by atoms with Gasteiger partial charge in [-0.3, -0.25) is 4.79 Å². The average molecular weight is 227 g/mol. The smallest absolute Gasteiger partial charge is 0.223 e. The van der Waals surface area contributed by atoms with Crippen molar-refractivity contribution >= 4 is 5.91 Å². The van der Waals surface area contributed by atoms with E-state index in [0.29, 0.717) is 18.4 Å². The van der Waals surface area contributed by atoms with Gasteiger partial charge in [0.05, 0.1) is 6.10 Å². The quantitative estimate of drug-likeness (QED) is 0.698. The molecule has 0 heterocycles. The Morgan fingerprint density at radius 3 is 2.38 bits per heavy atom. The fourth-order valence-electron chi connectivity index (χ4n) is 2.18. The topological polar surface area (TPSA) is 49.3 Å². The summed E-state index contributed by atoms with van der Waals surface area (Å²) < 4.78 is 0. The van der Waals surface area contributed by atoms with Gasteiger partial charge in [-0.15, -0.1) is 0 Å². The van der Waals surface area contributed by atoms with Gasteiger partial charge in [-0.05, 0) is 24.7 Å². The van der Waals surface area contributed by atoms with E-state index < -0.39 is 6.10 Å². The van der Waals surface area contributed by atoms with Crippen molar-refractivity contribution in [2.24, 2.45) is 17.8 Å². The van der Waals surface area contributed by atoms with Gasteiger partial charge in [0, 0.05) is 12.5 Å². The third kappa shape index (κ3) is 3.78. The van der Waals surface area contributed by atoms with Crippen molar-refractivity contribution in [3.8, 4) is 0 Å². The molecule has 0 saturated heterocycles. The zero-order valence-electron chi connectivity index (χ0n) is 10.7. The van der Waals surface area contributed by atoms with Crippen LogP contribution in [0.2, 0.25) is 0 Å². The molecule has 2 N–H and O–H groups in total. The number of nitrogens with one attached hydrogen (secondary N) is 1. The maximum absolute atomic E-state index is 11.7. The molecule has 2 atom stereocenters. The van der Waals surface area contributed by atoms with Crippen LogP contribution in [0.5, 0.6) is 0 Å². The summed E-state index contributed by atoms with van der Waals surface area (Å²) in [6, 6.07) is 0. The number of hydrogen-bond acceptors (Lipinski definition) is 2. The molecule has 1 fully saturated rings. The van der Waals surface area contributed by atoms with Crippen molar-refractivity contribution in [3.05, 3.63) is 0 Å². The van der Waals surface area contributed by atoms with E-state index >= 15 is 0 Å². The van der Waals surface area contributed by atoms with Crippen LogP contribution >= 0.6 is 0 Å². The van der Waals surface area contributed by atoms with Gasteiger partial charge in [0.25, 0.3) is 0 Å². The summed E-state index contributed by atoms with van der Waals surface area (Å²) in [6.45, 7) is 6.54. The monoisotopic (exact) mass is 227 g/mol. The zero-order chi connectivity index (χ0) is 12.1. The van der Waals surface area contributed by atoms with Gasteiger partial charge in [0.1, 0.15) is 0 Å². The van der Waals surface area contributed by atoms with Gasteiger partial charge in [0.2, 0.25) is 5.91 Å². The van der Waals surface area contributed by atoms with Crippen molar-refractivity contribution in [1.29, 1.82) is 0 Å². The average Bonchev–Trinajstić information content (AvgIpc) is 3.10. The highest BCUT2D eigenvalue weighted by Gasteiger charge is 2.32. The molecule has 0 aromatic rings. The molecule has 16 heavy (non-hydrogen) atoms. The molecule has 94 valence electrons. The highest BCUT2D eigenvalue weighted by molar-refractivity contribution is 5.78. The first-order chi connectivity index (χ1) is 7.60. The molecule has 0 bridgehead atoms. The lowest BCUT2D eigenvalue weighted by atomic mass is 9.96. The number of carbonyl (C=O) groups excluding carboxylic acids is 1. The van der Waals surface area contributed by atoms with Gasteiger partial charge in [0.15, 0.2) is 0 Å². The third-order valence-electron chi connectivity index (χ3n) is 3.82. The molecule has 0 aromatic heterocycles. The molecular weight excluding hydrogens is 202 g/mol. The lowest BCUT2D eigenvalue weighted by Gasteiger charge is -2.21. The van der Waals surface area contributed by atoms with Gasteiger partial charge in [-0.2, -0.15) is 0 Å². The van der Waals surface area contributed by atoms with Crippen LogP contribution in [0.4, 0.5) is 0 Å². The molecule has 0 aromatic carbocycles. The van der Waals surface area contributed by atoms with Crippen LogP contribution in [0.3, 0.4) is 0 Å². The minimum atomic E-state index is -0.398. The highest BCUT2D eigenvalue weighted by Crippen LogP contribution is 2.36. The van der Waals surface area contributed by atoms with E-state index in [-0.39, 0.29) is 11.8 Å². The molecule has 1 rings (SSSR count). The van der Waals surface area contributed by atoms with E-state index in [1.807, 2.05) is 6.92 Å². The van der Waals surface area contributed by atoms with Crippen LogP contribution in [-0.2, 0) is 4.79 Å². The minimum Gasteiger partial charge on any atom is -0.391 e. The number of hydrogen-bond donors (Lipinski definition) is 2. The maximum Gasteiger partial charge on any atom is 0.223 e. The standard InChI is InChI=1S/C13H25NO2/c1-4-10(5-2)12(15)8-14-13(16)9(3)11-6-7-11/h9-12,15H,4-8H2,1-3H3,(H,14,16). The van der Waals surface area contributed by atoms with Crippen LogP contribution in [0, 0.1) is 17.8 Å². The SMILES string of the molecule is CCC(CC)C(O)CNC(=O)C(C)C1CC1. The number of carbonyl (C=O) groups is 1. The van der Waals surface area contributed by atoms with Crippen molar-refractivity contribution in [1.82, 2.24) is 5.32 Å². The molecule has 0 spiro atoms. The fraction of sp³-hybridized carbons (Fsp3) is 0.923. The van der Waals surface area contributed by atoms with Crippen LogP contribution < -0.4 is 5.32 Å². The molecule has 0 radical (unpaired) electrons. The molecule has 3 nitrogen and oxygen atoms in total. The van der Waals surface area contributed by atoms with Gasteiger partial charge >= 0.3 is 0 Å². The highest BCUT2D eigenvalue weighted by atomic mass is 16.3. The van der Waals surface area contributed by atoms with E-state index in [9.17, 15) is 9.90 Å². The predicted molar refractivity (Wildman–Crippen MR) is 65.0 cm³/mol. The Hall–Kier alpha value is -0.570. The summed E-state index contributed by atoms with van der Waals surface area (Å²) in [4.78, 5) is 11.7. The van der Waals surface area contributed by atoms with Crippen LogP contribution in [0.25, 0.3) is 0 Å². The molecular formula is C13H25NO2. The van der Waals surface area contributed by atoms with Crippen LogP contribution in [-0.4, -0.2) is 23.7 Å². The number of aliphatic hydroxyl groups excluding tert-OH is 1. The molecule has 3 heteroatoms. The second-order valence-electron chi connectivity index (χ2n) is 5.02. The first-order valence-corrected chi connectivity index (χ1v) is 6.55. The van der Waals surface area contributed by atoms with Crippen molar-refractivity contribution in [2.75, 3.05) is 6.54 Å². The number of aliphatic hydroxyl groups is 1. The third-order valence-corrected chi connectivity index (χ3v) is 3.82. The Balaban J connectivity index is 2.24. The zero-order valence-corrected chi connectivity index (χ0v) is 10.7. The molecule has 1 aliphatic rings. The minimum absolute atomic E-state index is 0.104. The van der Waals surface area contributed by atoms with Gasteiger partial charge in [-0.25, -0.2) is 0 Å². The molecule has 1 saturated carbocycles. The largest absolute Gasteiger partial charge is 0.391 e. The summed E-state index contributed by atoms with van der Waals surface area (Å²) in [5.41, 5.74) is 0. The maximum atomic E-state index is 11.7. The van der Waals surface area contributed by atoms with Crippen LogP contribution in [0.15, 0.2) is 0 Å². The second-order valence-corrected chi connectivity index (χ2v) is 5.02. The fourth-order valence-corrected chi connectivity index (χ4v) is 2.18. The van der Waals surface area contributed by atoms with Crippen molar-refractivity contribution in [3.63, 3.8) is 0 Å². The van der Waals surface area contributed by atoms with Gasteiger partial charge in [-0.1, -0.05) is 33.6 Å². The molecule has 1 amide bonds. The summed E-state index contributed by atoms with van der Waals surface area (Å²) >= 11 is 0. The Kier molecular flexibility index (Phi) is 5.26. The van der Waals surface area contributed by atoms with Crippen molar-refractivity contribution < 1.29 is 9.90 Å². The van der Waals surface area contributed by atoms with E-state index in [2.05, 4.69) is 19.2 Å².